The number of hydrazone groups is 1. The molecule has 0 aliphatic heterocycles. The average Bonchev–Trinajstić information content (AvgIpc) is 2.58. The van der Waals surface area contributed by atoms with E-state index in [0.717, 1.165) is 12.8 Å². The number of carbonyl (C=O) groups excluding carboxylic acids is 1. The van der Waals surface area contributed by atoms with Gasteiger partial charge in [-0.2, -0.15) is 5.10 Å². The van der Waals surface area contributed by atoms with Crippen molar-refractivity contribution in [2.45, 2.75) is 78.1 Å². The Balaban J connectivity index is 2.12. The Morgan fingerprint density at radius 1 is 1.00 bits per heavy atom. The molecule has 0 spiro atoms. The molecule has 1 rings (SSSR count). The van der Waals surface area contributed by atoms with Crippen LogP contribution in [0.25, 0.3) is 0 Å². The SMILES string of the molecule is CCCCCCCCCCCC(=O)NN=C(C)c1ccccc1O. The topological polar surface area (TPSA) is 61.7 Å². The van der Waals surface area contributed by atoms with E-state index in [-0.39, 0.29) is 11.7 Å². The highest BCUT2D eigenvalue weighted by Crippen LogP contribution is 2.16. The lowest BCUT2D eigenvalue weighted by Gasteiger charge is -2.05. The van der Waals surface area contributed by atoms with Crippen molar-refractivity contribution in [2.24, 2.45) is 5.10 Å². The number of hydrogen-bond donors (Lipinski definition) is 2. The van der Waals surface area contributed by atoms with Crippen molar-refractivity contribution in [3.8, 4) is 5.75 Å². The summed E-state index contributed by atoms with van der Waals surface area (Å²) in [5.41, 5.74) is 3.82. The molecule has 0 aromatic heterocycles. The molecule has 134 valence electrons. The summed E-state index contributed by atoms with van der Waals surface area (Å²) in [5, 5.41) is 13.8. The normalized spacial score (nSPS) is 11.5. The van der Waals surface area contributed by atoms with Crippen LogP contribution in [0.1, 0.15) is 83.6 Å². The second-order valence-electron chi connectivity index (χ2n) is 6.33. The van der Waals surface area contributed by atoms with E-state index in [1.807, 2.05) is 6.07 Å². The monoisotopic (exact) mass is 332 g/mol. The molecule has 0 atom stereocenters. The van der Waals surface area contributed by atoms with Crippen LogP contribution in [-0.4, -0.2) is 16.7 Å². The van der Waals surface area contributed by atoms with Gasteiger partial charge in [0.05, 0.1) is 5.71 Å². The lowest BCUT2D eigenvalue weighted by Crippen LogP contribution is -2.18. The summed E-state index contributed by atoms with van der Waals surface area (Å²) < 4.78 is 0. The standard InChI is InChI=1S/C20H32N2O2/c1-3-4-5-6-7-8-9-10-11-16-20(24)22-21-17(2)18-14-12-13-15-19(18)23/h12-15,23H,3-11,16H2,1-2H3,(H,22,24). The highest BCUT2D eigenvalue weighted by Gasteiger charge is 2.04. The summed E-state index contributed by atoms with van der Waals surface area (Å²) in [7, 11) is 0. The quantitative estimate of drug-likeness (QED) is 0.316. The Kier molecular flexibility index (Phi) is 10.6. The molecule has 0 fully saturated rings. The van der Waals surface area contributed by atoms with Crippen LogP contribution in [0.3, 0.4) is 0 Å². The van der Waals surface area contributed by atoms with Gasteiger partial charge < -0.3 is 5.11 Å². The predicted molar refractivity (Wildman–Crippen MR) is 100 cm³/mol. The number of unbranched alkanes of at least 4 members (excludes halogenated alkanes) is 8. The van der Waals surface area contributed by atoms with Gasteiger partial charge in [-0.15, -0.1) is 0 Å². The molecule has 0 aliphatic rings. The number of rotatable bonds is 12. The van der Waals surface area contributed by atoms with Gasteiger partial charge in [0.15, 0.2) is 0 Å². The van der Waals surface area contributed by atoms with Gasteiger partial charge in [-0.3, -0.25) is 4.79 Å². The Morgan fingerprint density at radius 2 is 1.58 bits per heavy atom. The molecule has 4 heteroatoms. The van der Waals surface area contributed by atoms with Crippen LogP contribution < -0.4 is 5.43 Å². The van der Waals surface area contributed by atoms with Crippen molar-refractivity contribution in [1.82, 2.24) is 5.43 Å². The van der Waals surface area contributed by atoms with Crippen LogP contribution in [0.4, 0.5) is 0 Å². The van der Waals surface area contributed by atoms with Crippen LogP contribution in [0, 0.1) is 0 Å². The van der Waals surface area contributed by atoms with Crippen molar-refractivity contribution < 1.29 is 9.90 Å². The third-order valence-electron chi connectivity index (χ3n) is 4.15. The maximum atomic E-state index is 11.8. The second kappa shape index (κ2) is 12.6. The fourth-order valence-corrected chi connectivity index (χ4v) is 2.64. The minimum absolute atomic E-state index is 0.0623. The zero-order valence-electron chi connectivity index (χ0n) is 15.2. The first-order valence-electron chi connectivity index (χ1n) is 9.26. The Morgan fingerprint density at radius 3 is 2.21 bits per heavy atom. The first kappa shape index (κ1) is 20.2. The smallest absolute Gasteiger partial charge is 0.240 e. The molecule has 0 bridgehead atoms. The first-order valence-corrected chi connectivity index (χ1v) is 9.26. The molecule has 4 nitrogen and oxygen atoms in total. The van der Waals surface area contributed by atoms with Gasteiger partial charge in [-0.25, -0.2) is 5.43 Å². The summed E-state index contributed by atoms with van der Waals surface area (Å²) in [5.74, 6) is 0.111. The molecule has 0 radical (unpaired) electrons. The highest BCUT2D eigenvalue weighted by atomic mass is 16.3. The van der Waals surface area contributed by atoms with E-state index in [9.17, 15) is 9.90 Å². The van der Waals surface area contributed by atoms with Crippen LogP contribution in [0.2, 0.25) is 0 Å². The minimum atomic E-state index is -0.0623. The number of benzene rings is 1. The van der Waals surface area contributed by atoms with Gasteiger partial charge in [-0.05, 0) is 25.5 Å². The molecule has 0 heterocycles. The molecule has 0 saturated heterocycles. The van der Waals surface area contributed by atoms with E-state index in [1.165, 1.54) is 44.9 Å². The third kappa shape index (κ3) is 8.70. The number of phenolic OH excluding ortho intramolecular Hbond substituents is 1. The summed E-state index contributed by atoms with van der Waals surface area (Å²) in [6.45, 7) is 4.01. The maximum absolute atomic E-state index is 11.8. The highest BCUT2D eigenvalue weighted by molar-refractivity contribution is 6.01. The fourth-order valence-electron chi connectivity index (χ4n) is 2.64. The van der Waals surface area contributed by atoms with Crippen molar-refractivity contribution in [1.29, 1.82) is 0 Å². The average molecular weight is 332 g/mol. The van der Waals surface area contributed by atoms with E-state index in [2.05, 4.69) is 17.5 Å². The Labute approximate surface area is 146 Å². The van der Waals surface area contributed by atoms with Crippen LogP contribution in [-0.2, 0) is 4.79 Å². The summed E-state index contributed by atoms with van der Waals surface area (Å²) in [6.07, 6.45) is 11.7. The van der Waals surface area contributed by atoms with Crippen LogP contribution in [0.15, 0.2) is 29.4 Å². The zero-order chi connectivity index (χ0) is 17.6. The molecule has 0 unspecified atom stereocenters. The molecule has 2 N–H and O–H groups in total. The zero-order valence-corrected chi connectivity index (χ0v) is 15.2. The molecule has 1 amide bonds. The fraction of sp³-hybridized carbons (Fsp3) is 0.600. The molecular weight excluding hydrogens is 300 g/mol. The summed E-state index contributed by atoms with van der Waals surface area (Å²) >= 11 is 0. The molecule has 0 saturated carbocycles. The first-order chi connectivity index (χ1) is 11.6. The Hall–Kier alpha value is -1.84. The van der Waals surface area contributed by atoms with Gasteiger partial charge in [-0.1, -0.05) is 70.4 Å². The number of carbonyl (C=O) groups is 1. The largest absolute Gasteiger partial charge is 0.507 e. The lowest BCUT2D eigenvalue weighted by molar-refractivity contribution is -0.121. The molecule has 1 aromatic carbocycles. The number of phenols is 1. The van der Waals surface area contributed by atoms with Crippen molar-refractivity contribution in [2.75, 3.05) is 0 Å². The Bertz CT molecular complexity index is 512. The van der Waals surface area contributed by atoms with Gasteiger partial charge in [0.1, 0.15) is 5.75 Å². The van der Waals surface area contributed by atoms with Crippen molar-refractivity contribution in [3.05, 3.63) is 29.8 Å². The van der Waals surface area contributed by atoms with E-state index >= 15 is 0 Å². The van der Waals surface area contributed by atoms with Crippen molar-refractivity contribution in [3.63, 3.8) is 0 Å². The second-order valence-corrected chi connectivity index (χ2v) is 6.33. The number of aromatic hydroxyl groups is 1. The van der Waals surface area contributed by atoms with Gasteiger partial charge in [0.25, 0.3) is 0 Å². The van der Waals surface area contributed by atoms with E-state index < -0.39 is 0 Å². The number of para-hydroxylation sites is 1. The van der Waals surface area contributed by atoms with E-state index in [1.54, 1.807) is 25.1 Å². The van der Waals surface area contributed by atoms with Crippen molar-refractivity contribution >= 4 is 11.6 Å². The number of hydrogen-bond acceptors (Lipinski definition) is 3. The van der Waals surface area contributed by atoms with Gasteiger partial charge >= 0.3 is 0 Å². The van der Waals surface area contributed by atoms with Gasteiger partial charge in [0.2, 0.25) is 5.91 Å². The number of nitrogens with one attached hydrogen (secondary N) is 1. The van der Waals surface area contributed by atoms with E-state index in [0.29, 0.717) is 17.7 Å². The summed E-state index contributed by atoms with van der Waals surface area (Å²) in [4.78, 5) is 11.8. The molecule has 0 aliphatic carbocycles. The molecule has 24 heavy (non-hydrogen) atoms. The van der Waals surface area contributed by atoms with Crippen LogP contribution in [0.5, 0.6) is 5.75 Å². The predicted octanol–water partition coefficient (Wildman–Crippen LogP) is 5.15. The number of amides is 1. The molecular formula is C20H32N2O2. The number of nitrogens with zero attached hydrogens (tertiary/aromatic N) is 1. The summed E-state index contributed by atoms with van der Waals surface area (Å²) in [6, 6.07) is 6.98. The minimum Gasteiger partial charge on any atom is -0.507 e. The molecule has 1 aromatic rings. The third-order valence-corrected chi connectivity index (χ3v) is 4.15. The maximum Gasteiger partial charge on any atom is 0.240 e. The lowest BCUT2D eigenvalue weighted by atomic mass is 10.1. The van der Waals surface area contributed by atoms with Gasteiger partial charge in [0, 0.05) is 12.0 Å². The van der Waals surface area contributed by atoms with E-state index in [4.69, 9.17) is 0 Å². The van der Waals surface area contributed by atoms with Crippen LogP contribution >= 0.6 is 0 Å².